The third-order valence-corrected chi connectivity index (χ3v) is 3.17. The topological polar surface area (TPSA) is 0 Å². The van der Waals surface area contributed by atoms with E-state index in [4.69, 9.17) is 0 Å². The molecule has 0 atom stereocenters. The summed E-state index contributed by atoms with van der Waals surface area (Å²) in [7, 11) is 0. The maximum absolute atomic E-state index is 2.30. The molecule has 1 aromatic carbocycles. The van der Waals surface area contributed by atoms with Crippen molar-refractivity contribution in [3.8, 4) is 0 Å². The van der Waals surface area contributed by atoms with Gasteiger partial charge in [-0.15, -0.1) is 0 Å². The minimum Gasteiger partial charge on any atom is -0.0754 e. The van der Waals surface area contributed by atoms with E-state index in [1.54, 1.807) is 0 Å². The van der Waals surface area contributed by atoms with Gasteiger partial charge < -0.3 is 0 Å². The monoisotopic (exact) mass is 199 g/mol. The second-order valence-corrected chi connectivity index (χ2v) is 4.35. The van der Waals surface area contributed by atoms with Gasteiger partial charge in [-0.05, 0) is 42.0 Å². The first-order valence-corrected chi connectivity index (χ1v) is 5.97. The standard InChI is InChI=1S/C15H19/c1-3-4-5-7-13-11-10-12(2)14-8-6-9-15(13)14/h6,8-11H,3-5,7H2,1-2H3. The zero-order chi connectivity index (χ0) is 10.7. The Kier molecular flexibility index (Phi) is 3.25. The molecule has 15 heavy (non-hydrogen) atoms. The van der Waals surface area contributed by atoms with Crippen molar-refractivity contribution in [2.24, 2.45) is 0 Å². The van der Waals surface area contributed by atoms with Crippen LogP contribution in [-0.4, -0.2) is 0 Å². The summed E-state index contributed by atoms with van der Waals surface area (Å²) < 4.78 is 0. The number of unbranched alkanes of at least 4 members (excludes halogenated alkanes) is 2. The van der Waals surface area contributed by atoms with Gasteiger partial charge in [0, 0.05) is 6.42 Å². The summed E-state index contributed by atoms with van der Waals surface area (Å²) >= 11 is 0. The lowest BCUT2D eigenvalue weighted by atomic mass is 9.95. The zero-order valence-electron chi connectivity index (χ0n) is 9.72. The molecule has 1 radical (unpaired) electrons. The molecular weight excluding hydrogens is 180 g/mol. The van der Waals surface area contributed by atoms with Gasteiger partial charge in [0.15, 0.2) is 0 Å². The van der Waals surface area contributed by atoms with E-state index in [1.165, 1.54) is 47.9 Å². The molecule has 0 heteroatoms. The van der Waals surface area contributed by atoms with Crippen LogP contribution in [0, 0.1) is 13.3 Å². The van der Waals surface area contributed by atoms with E-state index in [1.807, 2.05) is 0 Å². The Balaban J connectivity index is 2.17. The van der Waals surface area contributed by atoms with E-state index < -0.39 is 0 Å². The van der Waals surface area contributed by atoms with Crippen molar-refractivity contribution in [1.82, 2.24) is 0 Å². The average Bonchev–Trinajstić information content (AvgIpc) is 2.71. The van der Waals surface area contributed by atoms with Crippen molar-refractivity contribution in [3.05, 3.63) is 46.9 Å². The maximum Gasteiger partial charge on any atom is 0.0134 e. The fourth-order valence-corrected chi connectivity index (χ4v) is 2.23. The average molecular weight is 199 g/mol. The lowest BCUT2D eigenvalue weighted by Gasteiger charge is -2.10. The molecule has 0 saturated heterocycles. The third kappa shape index (κ3) is 2.14. The van der Waals surface area contributed by atoms with Crippen LogP contribution in [0.15, 0.2) is 18.2 Å². The number of benzene rings is 1. The molecular formula is C15H19. The second-order valence-electron chi connectivity index (χ2n) is 4.35. The van der Waals surface area contributed by atoms with E-state index in [2.05, 4.69) is 44.6 Å². The summed E-state index contributed by atoms with van der Waals surface area (Å²) in [6.45, 7) is 4.45. The zero-order valence-corrected chi connectivity index (χ0v) is 9.72. The normalized spacial score (nSPS) is 13.2. The predicted octanol–water partition coefficient (Wildman–Crippen LogP) is 4.31. The number of hydrogen-bond donors (Lipinski definition) is 0. The van der Waals surface area contributed by atoms with Gasteiger partial charge in [-0.3, -0.25) is 0 Å². The molecule has 0 spiro atoms. The second kappa shape index (κ2) is 4.65. The van der Waals surface area contributed by atoms with Crippen LogP contribution in [0.3, 0.4) is 0 Å². The first-order valence-electron chi connectivity index (χ1n) is 5.97. The van der Waals surface area contributed by atoms with Gasteiger partial charge in [-0.2, -0.15) is 0 Å². The minimum atomic E-state index is 1.23. The highest BCUT2D eigenvalue weighted by Crippen LogP contribution is 2.28. The lowest BCUT2D eigenvalue weighted by molar-refractivity contribution is 0.716. The molecule has 0 nitrogen and oxygen atoms in total. The summed E-state index contributed by atoms with van der Waals surface area (Å²) in [5.74, 6) is 0. The highest BCUT2D eigenvalue weighted by Gasteiger charge is 2.11. The Morgan fingerprint density at radius 1 is 1.07 bits per heavy atom. The van der Waals surface area contributed by atoms with Crippen molar-refractivity contribution in [2.75, 3.05) is 0 Å². The molecule has 0 bridgehead atoms. The van der Waals surface area contributed by atoms with Gasteiger partial charge in [-0.25, -0.2) is 0 Å². The Labute approximate surface area is 93.0 Å². The van der Waals surface area contributed by atoms with Crippen LogP contribution in [-0.2, 0) is 6.42 Å². The van der Waals surface area contributed by atoms with Crippen LogP contribution in [0.1, 0.15) is 48.4 Å². The van der Waals surface area contributed by atoms with Crippen LogP contribution >= 0.6 is 0 Å². The first-order chi connectivity index (χ1) is 7.33. The van der Waals surface area contributed by atoms with E-state index in [0.29, 0.717) is 0 Å². The number of hydrogen-bond acceptors (Lipinski definition) is 0. The SMILES string of the molecule is CCCCCc1ccc(C)c2c1[CH]C=C2. The molecule has 0 amide bonds. The molecule has 1 aromatic rings. The van der Waals surface area contributed by atoms with Crippen molar-refractivity contribution in [1.29, 1.82) is 0 Å². The summed E-state index contributed by atoms with van der Waals surface area (Å²) in [5, 5.41) is 0. The van der Waals surface area contributed by atoms with Crippen LogP contribution in [0.25, 0.3) is 6.08 Å². The minimum absolute atomic E-state index is 1.23. The van der Waals surface area contributed by atoms with Gasteiger partial charge in [0.1, 0.15) is 0 Å². The molecule has 1 aliphatic carbocycles. The molecule has 79 valence electrons. The molecule has 0 unspecified atom stereocenters. The maximum atomic E-state index is 2.30. The smallest absolute Gasteiger partial charge is 0.0134 e. The molecule has 0 fully saturated rings. The molecule has 0 heterocycles. The number of fused-ring (bicyclic) bond motifs is 1. The Hall–Kier alpha value is -1.04. The van der Waals surface area contributed by atoms with Crippen molar-refractivity contribution in [2.45, 2.75) is 39.5 Å². The van der Waals surface area contributed by atoms with E-state index in [0.717, 1.165) is 0 Å². The van der Waals surface area contributed by atoms with Crippen LogP contribution < -0.4 is 0 Å². The molecule has 0 aromatic heterocycles. The predicted molar refractivity (Wildman–Crippen MR) is 66.8 cm³/mol. The van der Waals surface area contributed by atoms with E-state index in [9.17, 15) is 0 Å². The van der Waals surface area contributed by atoms with E-state index in [-0.39, 0.29) is 0 Å². The molecule has 2 rings (SSSR count). The molecule has 1 aliphatic rings. The van der Waals surface area contributed by atoms with Gasteiger partial charge in [-0.1, -0.05) is 44.1 Å². The highest BCUT2D eigenvalue weighted by molar-refractivity contribution is 5.69. The molecule has 0 aliphatic heterocycles. The van der Waals surface area contributed by atoms with Crippen molar-refractivity contribution >= 4 is 6.08 Å². The van der Waals surface area contributed by atoms with Crippen LogP contribution in [0.2, 0.25) is 0 Å². The van der Waals surface area contributed by atoms with Gasteiger partial charge in [0.05, 0.1) is 0 Å². The highest BCUT2D eigenvalue weighted by atomic mass is 14.2. The van der Waals surface area contributed by atoms with Crippen molar-refractivity contribution < 1.29 is 0 Å². The quantitative estimate of drug-likeness (QED) is 0.634. The van der Waals surface area contributed by atoms with Crippen molar-refractivity contribution in [3.63, 3.8) is 0 Å². The Morgan fingerprint density at radius 2 is 1.93 bits per heavy atom. The Bertz CT molecular complexity index is 372. The fraction of sp³-hybridized carbons (Fsp3) is 0.400. The van der Waals surface area contributed by atoms with Crippen LogP contribution in [0.4, 0.5) is 0 Å². The summed E-state index contributed by atoms with van der Waals surface area (Å²) in [4.78, 5) is 0. The van der Waals surface area contributed by atoms with Gasteiger partial charge in [0.25, 0.3) is 0 Å². The first kappa shape index (κ1) is 10.5. The Morgan fingerprint density at radius 3 is 2.73 bits per heavy atom. The summed E-state index contributed by atoms with van der Waals surface area (Å²) in [5.41, 5.74) is 5.82. The molecule has 0 saturated carbocycles. The number of allylic oxidation sites excluding steroid dienone is 1. The molecule has 0 N–H and O–H groups in total. The van der Waals surface area contributed by atoms with Gasteiger partial charge >= 0.3 is 0 Å². The summed E-state index contributed by atoms with van der Waals surface area (Å²) in [6, 6.07) is 4.55. The van der Waals surface area contributed by atoms with Crippen LogP contribution in [0.5, 0.6) is 0 Å². The third-order valence-electron chi connectivity index (χ3n) is 3.17. The van der Waals surface area contributed by atoms with E-state index >= 15 is 0 Å². The fourth-order valence-electron chi connectivity index (χ4n) is 2.23. The lowest BCUT2D eigenvalue weighted by Crippen LogP contribution is -1.95. The van der Waals surface area contributed by atoms with Gasteiger partial charge in [0.2, 0.25) is 0 Å². The number of rotatable bonds is 4. The summed E-state index contributed by atoms with van der Waals surface area (Å²) in [6.07, 6.45) is 11.8. The largest absolute Gasteiger partial charge is 0.0754 e. The number of aryl methyl sites for hydroxylation is 2.